The molecular weight excluding hydrogens is 314 g/mol. The first-order valence-corrected chi connectivity index (χ1v) is 7.49. The Morgan fingerprint density at radius 2 is 1.80 bits per heavy atom. The molecule has 2 rings (SSSR count). The van der Waals surface area contributed by atoms with Crippen LogP contribution in [0.1, 0.15) is 22.3 Å². The third-order valence-electron chi connectivity index (χ3n) is 3.36. The lowest BCUT2D eigenvalue weighted by Crippen LogP contribution is -2.04. The van der Waals surface area contributed by atoms with E-state index in [1.165, 1.54) is 22.3 Å². The van der Waals surface area contributed by atoms with Gasteiger partial charge < -0.3 is 10.1 Å². The zero-order valence-electron chi connectivity index (χ0n) is 12.4. The predicted molar refractivity (Wildman–Crippen MR) is 87.6 cm³/mol. The second kappa shape index (κ2) is 6.42. The standard InChI is InChI=1S/C17H20BrNO/c1-11-7-12(2)13(3)17(8-11)20-16-6-5-14(10-19-4)9-15(16)18/h5-9,19H,10H2,1-4H3. The third-order valence-corrected chi connectivity index (χ3v) is 3.98. The van der Waals surface area contributed by atoms with Gasteiger partial charge in [-0.2, -0.15) is 0 Å². The Labute approximate surface area is 129 Å². The molecule has 2 aromatic rings. The normalized spacial score (nSPS) is 10.7. The molecule has 0 heterocycles. The molecular formula is C17H20BrNO. The molecule has 0 saturated carbocycles. The fraction of sp³-hybridized carbons (Fsp3) is 0.294. The second-order valence-corrected chi connectivity index (χ2v) is 5.96. The molecule has 0 aliphatic heterocycles. The van der Waals surface area contributed by atoms with Gasteiger partial charge in [-0.1, -0.05) is 12.1 Å². The summed E-state index contributed by atoms with van der Waals surface area (Å²) in [5.74, 6) is 1.77. The minimum Gasteiger partial charge on any atom is -0.456 e. The SMILES string of the molecule is CNCc1ccc(Oc2cc(C)cc(C)c2C)c(Br)c1. The van der Waals surface area contributed by atoms with E-state index in [2.05, 4.69) is 66.3 Å². The van der Waals surface area contributed by atoms with Crippen molar-refractivity contribution < 1.29 is 4.74 Å². The smallest absolute Gasteiger partial charge is 0.141 e. The highest BCUT2D eigenvalue weighted by Gasteiger charge is 2.08. The van der Waals surface area contributed by atoms with Gasteiger partial charge in [-0.25, -0.2) is 0 Å². The van der Waals surface area contributed by atoms with Crippen molar-refractivity contribution in [2.75, 3.05) is 7.05 Å². The van der Waals surface area contributed by atoms with Crippen LogP contribution in [0.2, 0.25) is 0 Å². The van der Waals surface area contributed by atoms with Gasteiger partial charge in [0.2, 0.25) is 0 Å². The molecule has 20 heavy (non-hydrogen) atoms. The molecule has 0 amide bonds. The van der Waals surface area contributed by atoms with E-state index < -0.39 is 0 Å². The maximum Gasteiger partial charge on any atom is 0.141 e. The molecule has 0 unspecified atom stereocenters. The molecule has 0 radical (unpaired) electrons. The first-order valence-electron chi connectivity index (χ1n) is 6.70. The van der Waals surface area contributed by atoms with E-state index in [1.54, 1.807) is 0 Å². The number of rotatable bonds is 4. The van der Waals surface area contributed by atoms with Gasteiger partial charge in [0, 0.05) is 6.54 Å². The van der Waals surface area contributed by atoms with Crippen molar-refractivity contribution in [3.8, 4) is 11.5 Å². The molecule has 106 valence electrons. The Morgan fingerprint density at radius 1 is 1.05 bits per heavy atom. The summed E-state index contributed by atoms with van der Waals surface area (Å²) in [6.07, 6.45) is 0. The van der Waals surface area contributed by atoms with Gasteiger partial charge in [0.1, 0.15) is 11.5 Å². The van der Waals surface area contributed by atoms with Gasteiger partial charge in [-0.05, 0) is 84.2 Å². The maximum atomic E-state index is 6.07. The average Bonchev–Trinajstić information content (AvgIpc) is 2.38. The molecule has 0 saturated heterocycles. The number of ether oxygens (including phenoxy) is 1. The highest BCUT2D eigenvalue weighted by Crippen LogP contribution is 2.33. The van der Waals surface area contributed by atoms with E-state index in [4.69, 9.17) is 4.74 Å². The first-order chi connectivity index (χ1) is 9.51. The molecule has 1 N–H and O–H groups in total. The van der Waals surface area contributed by atoms with Crippen molar-refractivity contribution in [1.29, 1.82) is 0 Å². The number of nitrogens with one attached hydrogen (secondary N) is 1. The molecule has 0 atom stereocenters. The highest BCUT2D eigenvalue weighted by atomic mass is 79.9. The van der Waals surface area contributed by atoms with Crippen LogP contribution in [0.5, 0.6) is 11.5 Å². The maximum absolute atomic E-state index is 6.07. The Kier molecular flexibility index (Phi) is 4.84. The second-order valence-electron chi connectivity index (χ2n) is 5.10. The zero-order chi connectivity index (χ0) is 14.7. The summed E-state index contributed by atoms with van der Waals surface area (Å²) in [5, 5.41) is 3.14. The Hall–Kier alpha value is -1.32. The van der Waals surface area contributed by atoms with E-state index in [9.17, 15) is 0 Å². The zero-order valence-corrected chi connectivity index (χ0v) is 14.0. The van der Waals surface area contributed by atoms with Gasteiger partial charge in [-0.15, -0.1) is 0 Å². The largest absolute Gasteiger partial charge is 0.456 e. The van der Waals surface area contributed by atoms with Gasteiger partial charge in [-0.3, -0.25) is 0 Å². The predicted octanol–water partition coefficient (Wildman–Crippen LogP) is 4.89. The first kappa shape index (κ1) is 15.1. The topological polar surface area (TPSA) is 21.3 Å². The van der Waals surface area contributed by atoms with E-state index in [-0.39, 0.29) is 0 Å². The number of halogens is 1. The molecule has 0 bridgehead atoms. The van der Waals surface area contributed by atoms with Crippen molar-refractivity contribution in [3.05, 3.63) is 57.1 Å². The monoisotopic (exact) mass is 333 g/mol. The summed E-state index contributed by atoms with van der Waals surface area (Å²) in [6.45, 7) is 7.14. The van der Waals surface area contributed by atoms with Crippen LogP contribution < -0.4 is 10.1 Å². The molecule has 0 spiro atoms. The van der Waals surface area contributed by atoms with Crippen LogP contribution in [0.4, 0.5) is 0 Å². The van der Waals surface area contributed by atoms with Crippen LogP contribution in [0, 0.1) is 20.8 Å². The fourth-order valence-corrected chi connectivity index (χ4v) is 2.67. The van der Waals surface area contributed by atoms with Crippen LogP contribution in [0.3, 0.4) is 0 Å². The molecule has 0 fully saturated rings. The molecule has 0 aliphatic carbocycles. The van der Waals surface area contributed by atoms with E-state index in [0.717, 1.165) is 22.5 Å². The Morgan fingerprint density at radius 3 is 2.45 bits per heavy atom. The van der Waals surface area contributed by atoms with Crippen LogP contribution >= 0.6 is 15.9 Å². The van der Waals surface area contributed by atoms with Gasteiger partial charge in [0.05, 0.1) is 4.47 Å². The van der Waals surface area contributed by atoms with E-state index >= 15 is 0 Å². The Bertz CT molecular complexity index is 623. The van der Waals surface area contributed by atoms with Crippen molar-refractivity contribution in [3.63, 3.8) is 0 Å². The van der Waals surface area contributed by atoms with E-state index in [1.807, 2.05) is 13.1 Å². The van der Waals surface area contributed by atoms with Crippen molar-refractivity contribution >= 4 is 15.9 Å². The number of hydrogen-bond acceptors (Lipinski definition) is 2. The summed E-state index contributed by atoms with van der Waals surface area (Å²) in [6, 6.07) is 10.4. The van der Waals surface area contributed by atoms with Gasteiger partial charge >= 0.3 is 0 Å². The average molecular weight is 334 g/mol. The molecule has 0 aliphatic rings. The molecule has 3 heteroatoms. The summed E-state index contributed by atoms with van der Waals surface area (Å²) in [7, 11) is 1.94. The van der Waals surface area contributed by atoms with Crippen LogP contribution in [0.15, 0.2) is 34.8 Å². The summed E-state index contributed by atoms with van der Waals surface area (Å²) in [4.78, 5) is 0. The van der Waals surface area contributed by atoms with Crippen LogP contribution in [0.25, 0.3) is 0 Å². The van der Waals surface area contributed by atoms with Crippen molar-refractivity contribution in [2.45, 2.75) is 27.3 Å². The lowest BCUT2D eigenvalue weighted by Gasteiger charge is -2.14. The summed E-state index contributed by atoms with van der Waals surface area (Å²) < 4.78 is 7.04. The minimum absolute atomic E-state index is 0.845. The molecule has 0 aromatic heterocycles. The number of aryl methyl sites for hydroxylation is 2. The van der Waals surface area contributed by atoms with Gasteiger partial charge in [0.25, 0.3) is 0 Å². The number of benzene rings is 2. The fourth-order valence-electron chi connectivity index (χ4n) is 2.17. The van der Waals surface area contributed by atoms with Crippen LogP contribution in [-0.4, -0.2) is 7.05 Å². The molecule has 2 aromatic carbocycles. The lowest BCUT2D eigenvalue weighted by molar-refractivity contribution is 0.474. The summed E-state index contributed by atoms with van der Waals surface area (Å²) >= 11 is 3.58. The number of hydrogen-bond donors (Lipinski definition) is 1. The van der Waals surface area contributed by atoms with Crippen LogP contribution in [-0.2, 0) is 6.54 Å². The minimum atomic E-state index is 0.845. The van der Waals surface area contributed by atoms with Gasteiger partial charge in [0.15, 0.2) is 0 Å². The Balaban J connectivity index is 2.31. The summed E-state index contributed by atoms with van der Waals surface area (Å²) in [5.41, 5.74) is 4.87. The molecule has 2 nitrogen and oxygen atoms in total. The third kappa shape index (κ3) is 3.41. The van der Waals surface area contributed by atoms with E-state index in [0.29, 0.717) is 0 Å². The lowest BCUT2D eigenvalue weighted by atomic mass is 10.1. The highest BCUT2D eigenvalue weighted by molar-refractivity contribution is 9.10. The quantitative estimate of drug-likeness (QED) is 0.860. The van der Waals surface area contributed by atoms with Crippen molar-refractivity contribution in [2.24, 2.45) is 0 Å². The van der Waals surface area contributed by atoms with Crippen molar-refractivity contribution in [1.82, 2.24) is 5.32 Å².